The van der Waals surface area contributed by atoms with Gasteiger partial charge in [0.15, 0.2) is 0 Å². The van der Waals surface area contributed by atoms with Crippen molar-refractivity contribution in [1.29, 1.82) is 0 Å². The first kappa shape index (κ1) is 8.83. The van der Waals surface area contributed by atoms with E-state index in [9.17, 15) is 0 Å². The fraction of sp³-hybridized carbons (Fsp3) is 0.818. The molecule has 0 spiro atoms. The molecule has 0 aromatic rings. The Labute approximate surface area is 70.7 Å². The molecular weight excluding hydrogens is 132 g/mol. The van der Waals surface area contributed by atoms with E-state index in [1.807, 2.05) is 0 Å². The Morgan fingerprint density at radius 3 is 2.55 bits per heavy atom. The summed E-state index contributed by atoms with van der Waals surface area (Å²) in [5.74, 6) is 1.06. The lowest BCUT2D eigenvalue weighted by Crippen LogP contribution is -2.05. The van der Waals surface area contributed by atoms with Crippen LogP contribution in [0.25, 0.3) is 0 Å². The van der Waals surface area contributed by atoms with Gasteiger partial charge in [0, 0.05) is 0 Å². The van der Waals surface area contributed by atoms with Crippen LogP contribution in [0, 0.1) is 5.92 Å². The molecule has 0 heterocycles. The average Bonchev–Trinajstić information content (AvgIpc) is 2.07. The predicted octanol–water partition coefficient (Wildman–Crippen LogP) is 3.92. The van der Waals surface area contributed by atoms with Crippen molar-refractivity contribution in [2.45, 2.75) is 51.9 Å². The summed E-state index contributed by atoms with van der Waals surface area (Å²) in [5.41, 5.74) is 0. The Hall–Kier alpha value is -0.260. The minimum Gasteiger partial charge on any atom is -0.0917 e. The van der Waals surface area contributed by atoms with E-state index in [1.54, 1.807) is 0 Å². The van der Waals surface area contributed by atoms with E-state index in [1.165, 1.54) is 44.9 Å². The highest BCUT2D eigenvalue weighted by Crippen LogP contribution is 2.27. The third-order valence-electron chi connectivity index (χ3n) is 2.70. The molecule has 0 aromatic carbocycles. The van der Waals surface area contributed by atoms with Crippen LogP contribution in [0.5, 0.6) is 0 Å². The molecule has 0 N–H and O–H groups in total. The summed E-state index contributed by atoms with van der Waals surface area (Å²) in [4.78, 5) is 0. The monoisotopic (exact) mass is 152 g/mol. The zero-order chi connectivity index (χ0) is 7.94. The van der Waals surface area contributed by atoms with Crippen LogP contribution in [0.15, 0.2) is 12.2 Å². The Kier molecular flexibility index (Phi) is 4.33. The highest BCUT2D eigenvalue weighted by molar-refractivity contribution is 4.78. The van der Waals surface area contributed by atoms with Crippen molar-refractivity contribution < 1.29 is 0 Å². The number of hydrogen-bond donors (Lipinski definition) is 0. The van der Waals surface area contributed by atoms with Gasteiger partial charge in [-0.05, 0) is 25.7 Å². The second-order valence-electron chi connectivity index (χ2n) is 3.65. The molecule has 64 valence electrons. The van der Waals surface area contributed by atoms with Crippen molar-refractivity contribution in [2.75, 3.05) is 0 Å². The lowest BCUT2D eigenvalue weighted by atomic mass is 9.86. The molecule has 1 rings (SSSR count). The first-order valence-electron chi connectivity index (χ1n) is 5.04. The van der Waals surface area contributed by atoms with Gasteiger partial charge in [-0.2, -0.15) is 0 Å². The topological polar surface area (TPSA) is 0 Å². The lowest BCUT2D eigenvalue weighted by Gasteiger charge is -2.20. The quantitative estimate of drug-likeness (QED) is 0.538. The summed E-state index contributed by atoms with van der Waals surface area (Å²) in [6.45, 7) is 2.11. The predicted molar refractivity (Wildman–Crippen MR) is 50.6 cm³/mol. The van der Waals surface area contributed by atoms with Gasteiger partial charge in [0.1, 0.15) is 0 Å². The maximum atomic E-state index is 2.30. The van der Waals surface area contributed by atoms with Crippen LogP contribution in [-0.4, -0.2) is 0 Å². The van der Waals surface area contributed by atoms with E-state index >= 15 is 0 Å². The normalized spacial score (nSPS) is 21.2. The summed E-state index contributed by atoms with van der Waals surface area (Å²) in [6.07, 6.45) is 14.7. The average molecular weight is 152 g/mol. The highest BCUT2D eigenvalue weighted by Gasteiger charge is 2.11. The SMILES string of the molecule is CC=CCCC1CCCCC1. The fourth-order valence-corrected chi connectivity index (χ4v) is 1.97. The van der Waals surface area contributed by atoms with Crippen molar-refractivity contribution in [3.8, 4) is 0 Å². The van der Waals surface area contributed by atoms with Gasteiger partial charge in [0.05, 0.1) is 0 Å². The molecule has 0 nitrogen and oxygen atoms in total. The first-order chi connectivity index (χ1) is 5.43. The molecule has 1 fully saturated rings. The van der Waals surface area contributed by atoms with Crippen LogP contribution >= 0.6 is 0 Å². The molecule has 0 saturated heterocycles. The Morgan fingerprint density at radius 2 is 1.91 bits per heavy atom. The van der Waals surface area contributed by atoms with Crippen LogP contribution in [-0.2, 0) is 0 Å². The van der Waals surface area contributed by atoms with E-state index < -0.39 is 0 Å². The molecule has 0 amide bonds. The van der Waals surface area contributed by atoms with E-state index in [2.05, 4.69) is 19.1 Å². The van der Waals surface area contributed by atoms with Gasteiger partial charge >= 0.3 is 0 Å². The van der Waals surface area contributed by atoms with Gasteiger partial charge in [-0.15, -0.1) is 0 Å². The summed E-state index contributed by atoms with van der Waals surface area (Å²) < 4.78 is 0. The molecule has 1 saturated carbocycles. The second-order valence-corrected chi connectivity index (χ2v) is 3.65. The maximum Gasteiger partial charge on any atom is -0.0348 e. The minimum atomic E-state index is 1.06. The molecular formula is C11H20. The van der Waals surface area contributed by atoms with Crippen molar-refractivity contribution >= 4 is 0 Å². The van der Waals surface area contributed by atoms with E-state index in [0.717, 1.165) is 5.92 Å². The molecule has 0 radical (unpaired) electrons. The Balaban J connectivity index is 2.04. The van der Waals surface area contributed by atoms with E-state index in [4.69, 9.17) is 0 Å². The summed E-state index contributed by atoms with van der Waals surface area (Å²) >= 11 is 0. The largest absolute Gasteiger partial charge is 0.0917 e. The second kappa shape index (κ2) is 5.40. The molecule has 0 aliphatic heterocycles. The van der Waals surface area contributed by atoms with Gasteiger partial charge in [-0.1, -0.05) is 44.3 Å². The zero-order valence-electron chi connectivity index (χ0n) is 7.68. The molecule has 1 aliphatic carbocycles. The van der Waals surface area contributed by atoms with Crippen molar-refractivity contribution in [3.63, 3.8) is 0 Å². The van der Waals surface area contributed by atoms with Gasteiger partial charge < -0.3 is 0 Å². The van der Waals surface area contributed by atoms with Gasteiger partial charge in [0.2, 0.25) is 0 Å². The lowest BCUT2D eigenvalue weighted by molar-refractivity contribution is 0.341. The zero-order valence-corrected chi connectivity index (χ0v) is 7.68. The Morgan fingerprint density at radius 1 is 1.18 bits per heavy atom. The third kappa shape index (κ3) is 3.60. The summed E-state index contributed by atoms with van der Waals surface area (Å²) in [6, 6.07) is 0. The van der Waals surface area contributed by atoms with Gasteiger partial charge in [-0.25, -0.2) is 0 Å². The van der Waals surface area contributed by atoms with Crippen molar-refractivity contribution in [2.24, 2.45) is 5.92 Å². The summed E-state index contributed by atoms with van der Waals surface area (Å²) in [7, 11) is 0. The molecule has 11 heavy (non-hydrogen) atoms. The van der Waals surface area contributed by atoms with Crippen LogP contribution in [0.3, 0.4) is 0 Å². The molecule has 0 aromatic heterocycles. The van der Waals surface area contributed by atoms with Crippen LogP contribution in [0.4, 0.5) is 0 Å². The smallest absolute Gasteiger partial charge is 0.0348 e. The summed E-state index contributed by atoms with van der Waals surface area (Å²) in [5, 5.41) is 0. The maximum absolute atomic E-state index is 2.30. The van der Waals surface area contributed by atoms with Crippen LogP contribution in [0.1, 0.15) is 51.9 Å². The number of rotatable bonds is 3. The molecule has 0 unspecified atom stereocenters. The van der Waals surface area contributed by atoms with Gasteiger partial charge in [0.25, 0.3) is 0 Å². The van der Waals surface area contributed by atoms with Crippen molar-refractivity contribution in [1.82, 2.24) is 0 Å². The minimum absolute atomic E-state index is 1.06. The highest BCUT2D eigenvalue weighted by atomic mass is 14.2. The van der Waals surface area contributed by atoms with E-state index in [-0.39, 0.29) is 0 Å². The fourth-order valence-electron chi connectivity index (χ4n) is 1.97. The third-order valence-corrected chi connectivity index (χ3v) is 2.70. The molecule has 1 aliphatic rings. The molecule has 0 heteroatoms. The first-order valence-corrected chi connectivity index (χ1v) is 5.04. The van der Waals surface area contributed by atoms with Gasteiger partial charge in [-0.3, -0.25) is 0 Å². The number of allylic oxidation sites excluding steroid dienone is 2. The number of hydrogen-bond acceptors (Lipinski definition) is 0. The van der Waals surface area contributed by atoms with Crippen LogP contribution in [0.2, 0.25) is 0 Å². The molecule has 0 bridgehead atoms. The van der Waals surface area contributed by atoms with E-state index in [0.29, 0.717) is 0 Å². The van der Waals surface area contributed by atoms with Crippen LogP contribution < -0.4 is 0 Å². The standard InChI is InChI=1S/C11H20/c1-2-3-5-8-11-9-6-4-7-10-11/h2-3,11H,4-10H2,1H3. The van der Waals surface area contributed by atoms with Crippen molar-refractivity contribution in [3.05, 3.63) is 12.2 Å². The molecule has 0 atom stereocenters. The Bertz CT molecular complexity index is 107.